The number of nitrogens with one attached hydrogen (secondary N) is 2. The number of carbonyl (C=O) groups is 1. The molecule has 3 N–H and O–H groups in total. The molecule has 116 valence electrons. The highest BCUT2D eigenvalue weighted by molar-refractivity contribution is 6.15. The summed E-state index contributed by atoms with van der Waals surface area (Å²) in [6.07, 6.45) is 0.932. The Hall–Kier alpha value is -1.37. The summed E-state index contributed by atoms with van der Waals surface area (Å²) in [5.41, 5.74) is 7.43. The fraction of sp³-hybridized carbons (Fsp3) is 0.533. The zero-order valence-corrected chi connectivity index (χ0v) is 13.3. The highest BCUT2D eigenvalue weighted by atomic mass is 16.5. The first-order valence-electron chi connectivity index (χ1n) is 7.22. The number of hydrazine groups is 1. The molecule has 1 aromatic rings. The molecule has 1 atom stereocenters. The Labute approximate surface area is 127 Å². The summed E-state index contributed by atoms with van der Waals surface area (Å²) < 4.78 is 4.89. The van der Waals surface area contributed by atoms with Crippen molar-refractivity contribution in [1.82, 2.24) is 10.9 Å². The summed E-state index contributed by atoms with van der Waals surface area (Å²) >= 11 is 0. The summed E-state index contributed by atoms with van der Waals surface area (Å²) in [4.78, 5) is 12.1. The van der Waals surface area contributed by atoms with E-state index in [1.165, 1.54) is 0 Å². The van der Waals surface area contributed by atoms with Crippen molar-refractivity contribution >= 4 is 13.6 Å². The molecule has 0 aliphatic carbocycles. The van der Waals surface area contributed by atoms with Crippen LogP contribution in [0.3, 0.4) is 0 Å². The van der Waals surface area contributed by atoms with Crippen LogP contribution >= 0.6 is 0 Å². The lowest BCUT2D eigenvalue weighted by Crippen LogP contribution is -2.49. The number of hydrogen-bond donors (Lipinski definition) is 3. The summed E-state index contributed by atoms with van der Waals surface area (Å²) in [5.74, 6) is -0.160. The lowest BCUT2D eigenvalue weighted by atomic mass is 9.86. The minimum absolute atomic E-state index is 0.0769. The molecule has 0 aromatic heterocycles. The normalized spacial score (nSPS) is 12.8. The van der Waals surface area contributed by atoms with Crippen LogP contribution in [-0.2, 0) is 11.3 Å². The molecule has 0 saturated heterocycles. The van der Waals surface area contributed by atoms with Crippen molar-refractivity contribution in [3.05, 3.63) is 35.4 Å². The number of rotatable bonds is 7. The topological polar surface area (TPSA) is 70.6 Å². The van der Waals surface area contributed by atoms with Gasteiger partial charge in [-0.15, -0.1) is 0 Å². The summed E-state index contributed by atoms with van der Waals surface area (Å²) in [7, 11) is -0.308. The van der Waals surface area contributed by atoms with Gasteiger partial charge in [0.15, 0.2) is 0 Å². The molecule has 1 unspecified atom stereocenters. The molecule has 0 aliphatic rings. The summed E-state index contributed by atoms with van der Waals surface area (Å²) in [6, 6.07) is 7.31. The van der Waals surface area contributed by atoms with E-state index in [-0.39, 0.29) is 25.0 Å². The molecule has 21 heavy (non-hydrogen) atoms. The maximum Gasteiger partial charge on any atom is 0.435 e. The molecule has 1 aromatic carbocycles. The molecule has 0 bridgehead atoms. The van der Waals surface area contributed by atoms with Gasteiger partial charge in [-0.3, -0.25) is 10.2 Å². The average Bonchev–Trinajstić information content (AvgIpc) is 2.44. The Morgan fingerprint density at radius 3 is 2.43 bits per heavy atom. The van der Waals surface area contributed by atoms with Crippen LogP contribution < -0.4 is 10.9 Å². The zero-order valence-electron chi connectivity index (χ0n) is 13.3. The van der Waals surface area contributed by atoms with Gasteiger partial charge in [0.1, 0.15) is 0 Å². The largest absolute Gasteiger partial charge is 0.435 e. The van der Waals surface area contributed by atoms with E-state index in [1.807, 2.05) is 12.1 Å². The second-order valence-electron chi connectivity index (χ2n) is 6.10. The molecule has 0 fully saturated rings. The van der Waals surface area contributed by atoms with Gasteiger partial charge in [-0.05, 0) is 29.5 Å². The number of hydrogen-bond acceptors (Lipinski definition) is 4. The monoisotopic (exact) mass is 292 g/mol. The predicted molar refractivity (Wildman–Crippen MR) is 84.7 cm³/mol. The first-order chi connectivity index (χ1) is 9.88. The fourth-order valence-electron chi connectivity index (χ4n) is 2.07. The maximum absolute atomic E-state index is 12.1. The molecule has 0 radical (unpaired) electrons. The number of benzene rings is 1. The highest BCUT2D eigenvalue weighted by Gasteiger charge is 2.23. The van der Waals surface area contributed by atoms with Crippen LogP contribution in [0.15, 0.2) is 24.3 Å². The minimum atomic E-state index is -0.308. The maximum atomic E-state index is 12.1. The zero-order chi connectivity index (χ0) is 15.9. The van der Waals surface area contributed by atoms with Gasteiger partial charge in [-0.1, -0.05) is 39.8 Å². The van der Waals surface area contributed by atoms with Crippen LogP contribution in [0.1, 0.15) is 50.0 Å². The molecular formula is C15H25BN2O3. The van der Waals surface area contributed by atoms with Crippen LogP contribution in [0.5, 0.6) is 0 Å². The number of amides is 1. The van der Waals surface area contributed by atoms with E-state index in [4.69, 9.17) is 9.68 Å². The van der Waals surface area contributed by atoms with E-state index in [0.717, 1.165) is 12.0 Å². The molecule has 5 nitrogen and oxygen atoms in total. The SMILES string of the molecule is CCC(NNC(=O)c1ccc(COBO)cc1)C(C)(C)C. The molecule has 0 heterocycles. The Balaban J connectivity index is 2.55. The molecule has 1 rings (SSSR count). The van der Waals surface area contributed by atoms with Crippen LogP contribution in [0, 0.1) is 5.41 Å². The van der Waals surface area contributed by atoms with E-state index in [2.05, 4.69) is 38.5 Å². The van der Waals surface area contributed by atoms with Gasteiger partial charge in [-0.2, -0.15) is 0 Å². The summed E-state index contributed by atoms with van der Waals surface area (Å²) in [5, 5.41) is 8.59. The first-order valence-corrected chi connectivity index (χ1v) is 7.22. The minimum Gasteiger partial charge on any atom is -0.430 e. The van der Waals surface area contributed by atoms with Crippen molar-refractivity contribution in [2.24, 2.45) is 5.41 Å². The van der Waals surface area contributed by atoms with E-state index in [1.54, 1.807) is 12.1 Å². The van der Waals surface area contributed by atoms with Crippen molar-refractivity contribution in [2.45, 2.75) is 46.8 Å². The van der Waals surface area contributed by atoms with E-state index in [0.29, 0.717) is 12.2 Å². The van der Waals surface area contributed by atoms with Crippen LogP contribution in [0.4, 0.5) is 0 Å². The van der Waals surface area contributed by atoms with Gasteiger partial charge < -0.3 is 9.68 Å². The number of carbonyl (C=O) groups excluding carboxylic acids is 1. The Morgan fingerprint density at radius 2 is 1.95 bits per heavy atom. The smallest absolute Gasteiger partial charge is 0.430 e. The van der Waals surface area contributed by atoms with Gasteiger partial charge in [0.05, 0.1) is 6.61 Å². The first kappa shape index (κ1) is 17.7. The molecule has 0 spiro atoms. The quantitative estimate of drug-likeness (QED) is 0.526. The average molecular weight is 292 g/mol. The highest BCUT2D eigenvalue weighted by Crippen LogP contribution is 2.20. The Bertz CT molecular complexity index is 443. The fourth-order valence-corrected chi connectivity index (χ4v) is 2.07. The van der Waals surface area contributed by atoms with E-state index >= 15 is 0 Å². The van der Waals surface area contributed by atoms with Gasteiger partial charge in [-0.25, -0.2) is 5.43 Å². The van der Waals surface area contributed by atoms with E-state index in [9.17, 15) is 4.79 Å². The van der Waals surface area contributed by atoms with Crippen LogP contribution in [0.2, 0.25) is 0 Å². The van der Waals surface area contributed by atoms with Crippen LogP contribution in [0.25, 0.3) is 0 Å². The van der Waals surface area contributed by atoms with Crippen LogP contribution in [-0.4, -0.2) is 24.7 Å². The molecule has 1 amide bonds. The second kappa shape index (κ2) is 8.17. The second-order valence-corrected chi connectivity index (χ2v) is 6.10. The lowest BCUT2D eigenvalue weighted by molar-refractivity contribution is 0.0906. The third kappa shape index (κ3) is 5.87. The van der Waals surface area contributed by atoms with Crippen molar-refractivity contribution in [2.75, 3.05) is 0 Å². The Morgan fingerprint density at radius 1 is 1.33 bits per heavy atom. The van der Waals surface area contributed by atoms with Gasteiger partial charge >= 0.3 is 7.69 Å². The Kier molecular flexibility index (Phi) is 6.88. The standard InChI is InChI=1S/C15H25BN2O3/c1-5-13(15(2,3)4)17-18-14(19)12-8-6-11(7-9-12)10-21-16-20/h6-9,13,16-17,20H,5,10H2,1-4H3,(H,18,19). The third-order valence-electron chi connectivity index (χ3n) is 3.39. The molecule has 0 aliphatic heterocycles. The summed E-state index contributed by atoms with van der Waals surface area (Å²) in [6.45, 7) is 8.83. The van der Waals surface area contributed by atoms with Gasteiger partial charge in [0, 0.05) is 11.6 Å². The van der Waals surface area contributed by atoms with Gasteiger partial charge in [0.2, 0.25) is 0 Å². The predicted octanol–water partition coefficient (Wildman–Crippen LogP) is 1.52. The molecule has 0 saturated carbocycles. The van der Waals surface area contributed by atoms with Crippen molar-refractivity contribution in [3.63, 3.8) is 0 Å². The van der Waals surface area contributed by atoms with Crippen molar-refractivity contribution in [3.8, 4) is 0 Å². The van der Waals surface area contributed by atoms with Gasteiger partial charge in [0.25, 0.3) is 5.91 Å². The third-order valence-corrected chi connectivity index (χ3v) is 3.39. The van der Waals surface area contributed by atoms with E-state index < -0.39 is 0 Å². The lowest BCUT2D eigenvalue weighted by Gasteiger charge is -2.30. The van der Waals surface area contributed by atoms with Crippen molar-refractivity contribution in [1.29, 1.82) is 0 Å². The molecular weight excluding hydrogens is 267 g/mol. The van der Waals surface area contributed by atoms with Crippen molar-refractivity contribution < 1.29 is 14.5 Å². The molecule has 6 heteroatoms.